The molecule has 0 atom stereocenters. The Morgan fingerprint density at radius 3 is 2.48 bits per heavy atom. The first-order valence-corrected chi connectivity index (χ1v) is 6.87. The number of carbonyl (C=O) groups is 1. The van der Waals surface area contributed by atoms with Gasteiger partial charge in [0.05, 0.1) is 4.92 Å². The maximum absolute atomic E-state index is 11.9. The van der Waals surface area contributed by atoms with Gasteiger partial charge in [0.1, 0.15) is 0 Å². The fourth-order valence-electron chi connectivity index (χ4n) is 2.19. The number of hydrogen-bond acceptors (Lipinski definition) is 5. The van der Waals surface area contributed by atoms with Gasteiger partial charge in [-0.1, -0.05) is 18.2 Å². The molecule has 0 aliphatic carbocycles. The molecule has 0 fully saturated rings. The molecule has 6 heteroatoms. The number of ether oxygens (including phenoxy) is 1. The highest BCUT2D eigenvalue weighted by molar-refractivity contribution is 6.13. The molecule has 23 heavy (non-hydrogen) atoms. The van der Waals surface area contributed by atoms with Crippen molar-refractivity contribution in [2.45, 2.75) is 6.92 Å². The second-order valence-corrected chi connectivity index (χ2v) is 5.00. The summed E-state index contributed by atoms with van der Waals surface area (Å²) < 4.78 is 5.21. The molecule has 0 saturated heterocycles. The maximum Gasteiger partial charge on any atom is 0.363 e. The molecular weight excluding hydrogens is 296 g/mol. The van der Waals surface area contributed by atoms with Crippen molar-refractivity contribution in [2.75, 3.05) is 0 Å². The summed E-state index contributed by atoms with van der Waals surface area (Å²) in [4.78, 5) is 26.3. The fraction of sp³-hybridized carbons (Fsp3) is 0.0588. The Balaban J connectivity index is 1.92. The second-order valence-electron chi connectivity index (χ2n) is 5.00. The number of aryl methyl sites for hydroxylation is 1. The molecule has 2 aromatic rings. The van der Waals surface area contributed by atoms with Crippen molar-refractivity contribution < 1.29 is 14.5 Å². The Labute approximate surface area is 131 Å². The van der Waals surface area contributed by atoms with Crippen LogP contribution in [0.5, 0.6) is 0 Å². The number of nitro benzene ring substituents is 1. The SMILES string of the molecule is Cc1ccccc1C1=N/C(=C/c2ccc([N+](=O)[O-])cc2)C(=O)O1. The van der Waals surface area contributed by atoms with Gasteiger partial charge in [0, 0.05) is 17.7 Å². The van der Waals surface area contributed by atoms with Crippen molar-refractivity contribution in [2.24, 2.45) is 4.99 Å². The van der Waals surface area contributed by atoms with E-state index in [0.717, 1.165) is 11.1 Å². The lowest BCUT2D eigenvalue weighted by atomic mass is 10.1. The van der Waals surface area contributed by atoms with Gasteiger partial charge in [-0.15, -0.1) is 0 Å². The zero-order valence-electron chi connectivity index (χ0n) is 12.2. The molecule has 0 N–H and O–H groups in total. The predicted molar refractivity (Wildman–Crippen MR) is 84.9 cm³/mol. The third-order valence-corrected chi connectivity index (χ3v) is 3.40. The highest BCUT2D eigenvalue weighted by atomic mass is 16.6. The molecule has 0 aromatic heterocycles. The van der Waals surface area contributed by atoms with Crippen LogP contribution in [0.2, 0.25) is 0 Å². The number of esters is 1. The molecule has 1 aliphatic heterocycles. The quantitative estimate of drug-likeness (QED) is 0.377. The summed E-state index contributed by atoms with van der Waals surface area (Å²) in [5, 5.41) is 10.6. The molecule has 0 spiro atoms. The van der Waals surface area contributed by atoms with Gasteiger partial charge >= 0.3 is 5.97 Å². The topological polar surface area (TPSA) is 81.8 Å². The van der Waals surface area contributed by atoms with Crippen molar-refractivity contribution in [3.63, 3.8) is 0 Å². The van der Waals surface area contributed by atoms with Crippen LogP contribution in [0.4, 0.5) is 5.69 Å². The minimum Gasteiger partial charge on any atom is -0.402 e. The summed E-state index contributed by atoms with van der Waals surface area (Å²) in [7, 11) is 0. The zero-order chi connectivity index (χ0) is 16.4. The van der Waals surface area contributed by atoms with Crippen molar-refractivity contribution in [1.82, 2.24) is 0 Å². The van der Waals surface area contributed by atoms with Crippen LogP contribution in [0.25, 0.3) is 6.08 Å². The van der Waals surface area contributed by atoms with Gasteiger partial charge in [-0.25, -0.2) is 9.79 Å². The van der Waals surface area contributed by atoms with Crippen LogP contribution in [0.3, 0.4) is 0 Å². The number of cyclic esters (lactones) is 1. The van der Waals surface area contributed by atoms with Crippen LogP contribution in [-0.4, -0.2) is 16.8 Å². The molecule has 6 nitrogen and oxygen atoms in total. The van der Waals surface area contributed by atoms with Crippen LogP contribution in [0, 0.1) is 17.0 Å². The molecule has 0 amide bonds. The highest BCUT2D eigenvalue weighted by Crippen LogP contribution is 2.21. The van der Waals surface area contributed by atoms with E-state index in [2.05, 4.69) is 4.99 Å². The number of nitrogens with zero attached hydrogens (tertiary/aromatic N) is 2. The Morgan fingerprint density at radius 1 is 1.13 bits per heavy atom. The van der Waals surface area contributed by atoms with E-state index in [-0.39, 0.29) is 17.3 Å². The molecule has 1 heterocycles. The first-order valence-electron chi connectivity index (χ1n) is 6.87. The van der Waals surface area contributed by atoms with E-state index in [1.165, 1.54) is 18.2 Å². The number of hydrogen-bond donors (Lipinski definition) is 0. The van der Waals surface area contributed by atoms with E-state index in [1.807, 2.05) is 31.2 Å². The molecule has 1 aliphatic rings. The Bertz CT molecular complexity index is 851. The number of aliphatic imine (C=N–C) groups is 1. The third kappa shape index (κ3) is 3.01. The maximum atomic E-state index is 11.9. The summed E-state index contributed by atoms with van der Waals surface area (Å²) in [5.41, 5.74) is 2.50. The molecule has 114 valence electrons. The first kappa shape index (κ1) is 14.6. The molecule has 2 aromatic carbocycles. The van der Waals surface area contributed by atoms with Gasteiger partial charge in [-0.05, 0) is 42.3 Å². The van der Waals surface area contributed by atoms with Crippen molar-refractivity contribution >= 4 is 23.6 Å². The van der Waals surface area contributed by atoms with E-state index in [0.29, 0.717) is 5.56 Å². The lowest BCUT2D eigenvalue weighted by Crippen LogP contribution is -2.06. The normalized spacial score (nSPS) is 15.4. The number of benzene rings is 2. The van der Waals surface area contributed by atoms with E-state index >= 15 is 0 Å². The van der Waals surface area contributed by atoms with Crippen LogP contribution < -0.4 is 0 Å². The zero-order valence-corrected chi connectivity index (χ0v) is 12.2. The highest BCUT2D eigenvalue weighted by Gasteiger charge is 2.24. The number of carbonyl (C=O) groups excluding carboxylic acids is 1. The molecule has 0 bridgehead atoms. The molecule has 0 radical (unpaired) electrons. The summed E-state index contributed by atoms with van der Waals surface area (Å²) in [6, 6.07) is 13.3. The standard InChI is InChI=1S/C17H12N2O4/c1-11-4-2-3-5-14(11)16-18-15(17(20)23-16)10-12-6-8-13(9-7-12)19(21)22/h2-10H,1H3/b15-10+. The van der Waals surface area contributed by atoms with Gasteiger partial charge in [-0.2, -0.15) is 0 Å². The van der Waals surface area contributed by atoms with Gasteiger partial charge in [-0.3, -0.25) is 10.1 Å². The van der Waals surface area contributed by atoms with E-state index in [9.17, 15) is 14.9 Å². The molecular formula is C17H12N2O4. The Kier molecular flexibility index (Phi) is 3.72. The molecule has 0 saturated carbocycles. The summed E-state index contributed by atoms with van der Waals surface area (Å²) in [6.07, 6.45) is 1.54. The first-order chi connectivity index (χ1) is 11.0. The summed E-state index contributed by atoms with van der Waals surface area (Å²) >= 11 is 0. The lowest BCUT2D eigenvalue weighted by molar-refractivity contribution is -0.384. The number of rotatable bonds is 3. The monoisotopic (exact) mass is 308 g/mol. The molecule has 0 unspecified atom stereocenters. The van der Waals surface area contributed by atoms with Gasteiger partial charge in [0.25, 0.3) is 5.69 Å². The van der Waals surface area contributed by atoms with Gasteiger partial charge in [0.15, 0.2) is 5.70 Å². The summed E-state index contributed by atoms with van der Waals surface area (Å²) in [5.74, 6) is -0.275. The number of nitro groups is 1. The lowest BCUT2D eigenvalue weighted by Gasteiger charge is -2.02. The van der Waals surface area contributed by atoms with Gasteiger partial charge in [0.2, 0.25) is 5.90 Å². The second kappa shape index (κ2) is 5.84. The van der Waals surface area contributed by atoms with Gasteiger partial charge < -0.3 is 4.74 Å². The van der Waals surface area contributed by atoms with E-state index in [4.69, 9.17) is 4.74 Å². The molecule has 3 rings (SSSR count). The van der Waals surface area contributed by atoms with Crippen LogP contribution in [0.1, 0.15) is 16.7 Å². The number of non-ortho nitro benzene ring substituents is 1. The minimum atomic E-state index is -0.540. The van der Waals surface area contributed by atoms with Crippen LogP contribution in [0.15, 0.2) is 59.2 Å². The average Bonchev–Trinajstić information content (AvgIpc) is 2.89. The minimum absolute atomic E-state index is 0.00903. The summed E-state index contributed by atoms with van der Waals surface area (Å²) in [6.45, 7) is 1.91. The Hall–Kier alpha value is -3.28. The van der Waals surface area contributed by atoms with Crippen molar-refractivity contribution in [1.29, 1.82) is 0 Å². The van der Waals surface area contributed by atoms with E-state index in [1.54, 1.807) is 12.1 Å². The van der Waals surface area contributed by atoms with Crippen molar-refractivity contribution in [3.05, 3.63) is 81.0 Å². The largest absolute Gasteiger partial charge is 0.402 e. The predicted octanol–water partition coefficient (Wildman–Crippen LogP) is 3.25. The van der Waals surface area contributed by atoms with E-state index < -0.39 is 10.9 Å². The third-order valence-electron chi connectivity index (χ3n) is 3.40. The average molecular weight is 308 g/mol. The van der Waals surface area contributed by atoms with Crippen molar-refractivity contribution in [3.8, 4) is 0 Å². The van der Waals surface area contributed by atoms with Crippen LogP contribution >= 0.6 is 0 Å². The van der Waals surface area contributed by atoms with Crippen LogP contribution in [-0.2, 0) is 9.53 Å². The Morgan fingerprint density at radius 2 is 1.83 bits per heavy atom. The smallest absolute Gasteiger partial charge is 0.363 e. The fourth-order valence-corrected chi connectivity index (χ4v) is 2.19.